The van der Waals surface area contributed by atoms with E-state index in [0.717, 1.165) is 12.1 Å². The molecule has 1 aromatic rings. The number of hydrogen-bond acceptors (Lipinski definition) is 2. The lowest BCUT2D eigenvalue weighted by molar-refractivity contribution is -0.274. The molecule has 0 aliphatic carbocycles. The second kappa shape index (κ2) is 4.08. The molecule has 0 amide bonds. The summed E-state index contributed by atoms with van der Waals surface area (Å²) >= 11 is 2.95. The molecule has 0 saturated carbocycles. The number of hydrogen-bond donors (Lipinski definition) is 0. The molecule has 0 aliphatic rings. The fraction of sp³-hybridized carbons (Fsp3) is 0.250. The summed E-state index contributed by atoms with van der Waals surface area (Å²) in [6, 6.07) is 3.07. The molecular formula is C8H6BrF3O2. The van der Waals surface area contributed by atoms with Gasteiger partial charge in [0.05, 0.1) is 15.6 Å². The average Bonchev–Trinajstić information content (AvgIpc) is 2.05. The van der Waals surface area contributed by atoms with Crippen LogP contribution in [0.15, 0.2) is 22.7 Å². The first kappa shape index (κ1) is 7.39. The fourth-order valence-corrected chi connectivity index (χ4v) is 1.09. The van der Waals surface area contributed by atoms with Gasteiger partial charge in [0.25, 0.3) is 0 Å². The molecule has 78 valence electrons. The monoisotopic (exact) mass is 273 g/mol. The van der Waals surface area contributed by atoms with Gasteiger partial charge in [0.2, 0.25) is 0 Å². The summed E-state index contributed by atoms with van der Waals surface area (Å²) in [6.07, 6.45) is -4.84. The maximum Gasteiger partial charge on any atom is 0.573 e. The van der Waals surface area contributed by atoms with E-state index in [0.29, 0.717) is 0 Å². The van der Waals surface area contributed by atoms with E-state index >= 15 is 0 Å². The van der Waals surface area contributed by atoms with Crippen LogP contribution in [0.1, 0.15) is 4.11 Å². The van der Waals surface area contributed by atoms with E-state index in [9.17, 15) is 13.2 Å². The molecule has 0 unspecified atom stereocenters. The standard InChI is InChI=1S/C8H6BrF3O2/c1-13-7-4-5(2-3-6(7)9)14-8(10,11)12/h2-4H,1H3/i1D3. The number of methoxy groups -OCH3 is 1. The van der Waals surface area contributed by atoms with E-state index in [1.54, 1.807) is 0 Å². The summed E-state index contributed by atoms with van der Waals surface area (Å²) in [4.78, 5) is 0. The van der Waals surface area contributed by atoms with Crippen LogP contribution in [0.5, 0.6) is 11.5 Å². The summed E-state index contributed by atoms with van der Waals surface area (Å²) < 4.78 is 64.6. The van der Waals surface area contributed by atoms with Gasteiger partial charge in [-0.25, -0.2) is 0 Å². The number of alkyl halides is 3. The normalized spacial score (nSPS) is 15.3. The van der Waals surface area contributed by atoms with E-state index in [-0.39, 0.29) is 10.2 Å². The fourth-order valence-electron chi connectivity index (χ4n) is 0.759. The van der Waals surface area contributed by atoms with Crippen LogP contribution < -0.4 is 9.47 Å². The van der Waals surface area contributed by atoms with Crippen molar-refractivity contribution in [1.29, 1.82) is 0 Å². The molecule has 0 aliphatic heterocycles. The zero-order valence-corrected chi connectivity index (χ0v) is 8.15. The Bertz CT molecular complexity index is 406. The van der Waals surface area contributed by atoms with Crippen LogP contribution in [0.2, 0.25) is 0 Å². The lowest BCUT2D eigenvalue weighted by Gasteiger charge is -2.10. The summed E-state index contributed by atoms with van der Waals surface area (Å²) in [7, 11) is -2.75. The van der Waals surface area contributed by atoms with Gasteiger partial charge in [-0.1, -0.05) is 0 Å². The highest BCUT2D eigenvalue weighted by molar-refractivity contribution is 9.10. The van der Waals surface area contributed by atoms with E-state index in [1.165, 1.54) is 6.07 Å². The van der Waals surface area contributed by atoms with Crippen molar-refractivity contribution in [3.63, 3.8) is 0 Å². The average molecular weight is 274 g/mol. The molecule has 1 rings (SSSR count). The van der Waals surface area contributed by atoms with Gasteiger partial charge < -0.3 is 9.47 Å². The highest BCUT2D eigenvalue weighted by Gasteiger charge is 2.31. The van der Waals surface area contributed by atoms with Crippen molar-refractivity contribution in [2.45, 2.75) is 6.36 Å². The van der Waals surface area contributed by atoms with E-state index in [1.807, 2.05) is 0 Å². The molecule has 1 aromatic carbocycles. The molecule has 0 aromatic heterocycles. The van der Waals surface area contributed by atoms with Crippen molar-refractivity contribution in [3.8, 4) is 11.5 Å². The Morgan fingerprint density at radius 1 is 1.43 bits per heavy atom. The quantitative estimate of drug-likeness (QED) is 0.823. The summed E-state index contributed by atoms with van der Waals surface area (Å²) in [5, 5.41) is 0. The van der Waals surface area contributed by atoms with Gasteiger partial charge in [0.1, 0.15) is 11.5 Å². The largest absolute Gasteiger partial charge is 0.573 e. The Morgan fingerprint density at radius 2 is 2.14 bits per heavy atom. The third kappa shape index (κ3) is 3.10. The smallest absolute Gasteiger partial charge is 0.495 e. The number of ether oxygens (including phenoxy) is 2. The van der Waals surface area contributed by atoms with Crippen molar-refractivity contribution < 1.29 is 26.8 Å². The molecule has 0 bridgehead atoms. The molecule has 0 radical (unpaired) electrons. The zero-order chi connectivity index (χ0) is 13.3. The minimum atomic E-state index is -4.84. The van der Waals surface area contributed by atoms with Gasteiger partial charge in [-0.2, -0.15) is 0 Å². The second-order valence-corrected chi connectivity index (χ2v) is 3.10. The van der Waals surface area contributed by atoms with Crippen LogP contribution in [0.4, 0.5) is 13.2 Å². The highest BCUT2D eigenvalue weighted by Crippen LogP contribution is 2.31. The van der Waals surface area contributed by atoms with Crippen LogP contribution in [0, 0.1) is 0 Å². The molecule has 0 atom stereocenters. The van der Waals surface area contributed by atoms with Crippen molar-refractivity contribution in [2.24, 2.45) is 0 Å². The zero-order valence-electron chi connectivity index (χ0n) is 9.56. The maximum atomic E-state index is 11.9. The Hall–Kier alpha value is -0.910. The van der Waals surface area contributed by atoms with Gasteiger partial charge in [0.15, 0.2) is 0 Å². The summed E-state index contributed by atoms with van der Waals surface area (Å²) in [5.74, 6) is -0.813. The molecule has 6 heteroatoms. The van der Waals surface area contributed by atoms with Gasteiger partial charge in [-0.05, 0) is 28.1 Å². The third-order valence-corrected chi connectivity index (χ3v) is 1.90. The second-order valence-electron chi connectivity index (χ2n) is 2.24. The van der Waals surface area contributed by atoms with Crippen LogP contribution in [-0.2, 0) is 0 Å². The molecule has 14 heavy (non-hydrogen) atoms. The summed E-state index contributed by atoms with van der Waals surface area (Å²) in [6.45, 7) is 0. The van der Waals surface area contributed by atoms with Gasteiger partial charge >= 0.3 is 6.36 Å². The highest BCUT2D eigenvalue weighted by atomic mass is 79.9. The predicted octanol–water partition coefficient (Wildman–Crippen LogP) is 3.36. The van der Waals surface area contributed by atoms with Crippen LogP contribution in [0.25, 0.3) is 0 Å². The first-order valence-electron chi connectivity index (χ1n) is 4.81. The molecule has 2 nitrogen and oxygen atoms in total. The first-order chi connectivity index (χ1) is 7.57. The number of benzene rings is 1. The molecule has 0 fully saturated rings. The van der Waals surface area contributed by atoms with E-state index in [4.69, 9.17) is 4.11 Å². The van der Waals surface area contributed by atoms with Gasteiger partial charge in [-0.3, -0.25) is 0 Å². The Kier molecular flexibility index (Phi) is 2.15. The van der Waals surface area contributed by atoms with Gasteiger partial charge in [-0.15, -0.1) is 13.2 Å². The Balaban J connectivity index is 2.95. The number of rotatable bonds is 2. The SMILES string of the molecule is [2H]C([2H])([2H])Oc1cc(OC(F)(F)F)ccc1Br. The van der Waals surface area contributed by atoms with Crippen molar-refractivity contribution in [3.05, 3.63) is 22.7 Å². The van der Waals surface area contributed by atoms with Crippen molar-refractivity contribution >= 4 is 15.9 Å². The Morgan fingerprint density at radius 3 is 2.71 bits per heavy atom. The Labute approximate surface area is 91.0 Å². The predicted molar refractivity (Wildman–Crippen MR) is 47.4 cm³/mol. The van der Waals surface area contributed by atoms with Crippen LogP contribution >= 0.6 is 15.9 Å². The van der Waals surface area contributed by atoms with Crippen LogP contribution in [0.3, 0.4) is 0 Å². The molecule has 0 N–H and O–H groups in total. The minimum absolute atomic E-state index is 0.211. The molecule has 0 saturated heterocycles. The minimum Gasteiger partial charge on any atom is -0.495 e. The van der Waals surface area contributed by atoms with Crippen LogP contribution in [-0.4, -0.2) is 13.4 Å². The van der Waals surface area contributed by atoms with Crippen molar-refractivity contribution in [1.82, 2.24) is 0 Å². The van der Waals surface area contributed by atoms with Crippen molar-refractivity contribution in [2.75, 3.05) is 7.04 Å². The maximum absolute atomic E-state index is 11.9. The first-order valence-corrected chi connectivity index (χ1v) is 4.10. The van der Waals surface area contributed by atoms with Gasteiger partial charge in [0, 0.05) is 6.07 Å². The van der Waals surface area contributed by atoms with E-state index < -0.39 is 19.1 Å². The number of halogens is 4. The molecule has 0 spiro atoms. The molecule has 0 heterocycles. The topological polar surface area (TPSA) is 18.5 Å². The summed E-state index contributed by atoms with van der Waals surface area (Å²) in [5.41, 5.74) is 0. The lowest BCUT2D eigenvalue weighted by Crippen LogP contribution is -2.17. The molecular weight excluding hydrogens is 265 g/mol. The lowest BCUT2D eigenvalue weighted by atomic mass is 10.3. The van der Waals surface area contributed by atoms with E-state index in [2.05, 4.69) is 25.4 Å². The third-order valence-electron chi connectivity index (χ3n) is 1.25.